The van der Waals surface area contributed by atoms with Crippen molar-refractivity contribution in [3.05, 3.63) is 40.8 Å². The summed E-state index contributed by atoms with van der Waals surface area (Å²) in [5.74, 6) is 1.75. The molecule has 0 saturated heterocycles. The second kappa shape index (κ2) is 7.80. The van der Waals surface area contributed by atoms with E-state index in [1.165, 1.54) is 0 Å². The van der Waals surface area contributed by atoms with Crippen molar-refractivity contribution in [1.82, 2.24) is 9.97 Å². The van der Waals surface area contributed by atoms with E-state index in [-0.39, 0.29) is 0 Å². The van der Waals surface area contributed by atoms with E-state index in [0.717, 1.165) is 17.7 Å². The summed E-state index contributed by atoms with van der Waals surface area (Å²) in [6.45, 7) is 7.23. The number of pyridine rings is 2. The Bertz CT molecular complexity index is 632. The fourth-order valence-corrected chi connectivity index (χ4v) is 2.73. The highest BCUT2D eigenvalue weighted by Gasteiger charge is 2.10. The molecule has 0 spiro atoms. The molecule has 0 aliphatic carbocycles. The maximum absolute atomic E-state index is 6.29. The molecule has 0 aliphatic heterocycles. The van der Waals surface area contributed by atoms with Crippen LogP contribution in [0.15, 0.2) is 30.6 Å². The lowest BCUT2D eigenvalue weighted by molar-refractivity contribution is 0.238. The monoisotopic (exact) mass is 338 g/mol. The van der Waals surface area contributed by atoms with Gasteiger partial charge in [-0.1, -0.05) is 44.0 Å². The summed E-state index contributed by atoms with van der Waals surface area (Å²) in [7, 11) is 0. The predicted molar refractivity (Wildman–Crippen MR) is 91.6 cm³/mol. The standard InChI is InChI=1S/C17H20Cl2N2O/c1-11(2)6-12(3)10-22-16-9-21-15(8-14(16)18)13-4-5-20-17(19)7-13/h4-5,7-9,11-12H,6,10H2,1-3H3/t12-/m0/s1. The number of nitrogens with zero attached hydrogens (tertiary/aromatic N) is 2. The van der Waals surface area contributed by atoms with Gasteiger partial charge in [-0.05, 0) is 36.5 Å². The third-order valence-corrected chi connectivity index (χ3v) is 3.74. The first-order chi connectivity index (χ1) is 10.5. The van der Waals surface area contributed by atoms with Gasteiger partial charge >= 0.3 is 0 Å². The minimum atomic E-state index is 0.429. The van der Waals surface area contributed by atoms with Crippen molar-refractivity contribution in [2.75, 3.05) is 6.61 Å². The molecule has 22 heavy (non-hydrogen) atoms. The van der Waals surface area contributed by atoms with Crippen LogP contribution < -0.4 is 4.74 Å². The second-order valence-electron chi connectivity index (χ2n) is 5.91. The maximum atomic E-state index is 6.29. The van der Waals surface area contributed by atoms with E-state index in [9.17, 15) is 0 Å². The molecule has 0 N–H and O–H groups in total. The first-order valence-electron chi connectivity index (χ1n) is 7.36. The molecule has 0 fully saturated rings. The Kier molecular flexibility index (Phi) is 6.04. The van der Waals surface area contributed by atoms with Gasteiger partial charge < -0.3 is 4.74 Å². The van der Waals surface area contributed by atoms with Crippen molar-refractivity contribution in [3.63, 3.8) is 0 Å². The molecule has 2 rings (SSSR count). The van der Waals surface area contributed by atoms with Crippen LogP contribution in [0.25, 0.3) is 11.3 Å². The molecule has 5 heteroatoms. The first kappa shape index (κ1) is 17.0. The van der Waals surface area contributed by atoms with Gasteiger partial charge in [0.25, 0.3) is 0 Å². The topological polar surface area (TPSA) is 35.0 Å². The highest BCUT2D eigenvalue weighted by molar-refractivity contribution is 6.32. The van der Waals surface area contributed by atoms with Gasteiger partial charge in [0.2, 0.25) is 0 Å². The minimum Gasteiger partial charge on any atom is -0.490 e. The van der Waals surface area contributed by atoms with Crippen LogP contribution in [-0.2, 0) is 0 Å². The van der Waals surface area contributed by atoms with Crippen LogP contribution in [0.5, 0.6) is 5.75 Å². The van der Waals surface area contributed by atoms with Gasteiger partial charge in [0.1, 0.15) is 5.15 Å². The molecule has 0 unspecified atom stereocenters. The van der Waals surface area contributed by atoms with Gasteiger partial charge in [-0.25, -0.2) is 4.98 Å². The Morgan fingerprint density at radius 2 is 1.91 bits per heavy atom. The number of aromatic nitrogens is 2. The van der Waals surface area contributed by atoms with Gasteiger partial charge in [-0.15, -0.1) is 0 Å². The lowest BCUT2D eigenvalue weighted by atomic mass is 10.00. The SMILES string of the molecule is CC(C)C[C@H](C)COc1cnc(-c2ccnc(Cl)c2)cc1Cl. The summed E-state index contributed by atoms with van der Waals surface area (Å²) in [5, 5.41) is 0.980. The number of rotatable bonds is 6. The third kappa shape index (κ3) is 4.85. The van der Waals surface area contributed by atoms with Gasteiger partial charge in [0.15, 0.2) is 5.75 Å². The molecule has 3 nitrogen and oxygen atoms in total. The van der Waals surface area contributed by atoms with E-state index in [1.54, 1.807) is 24.5 Å². The molecule has 118 valence electrons. The van der Waals surface area contributed by atoms with Crippen LogP contribution in [0.3, 0.4) is 0 Å². The minimum absolute atomic E-state index is 0.429. The fourth-order valence-electron chi connectivity index (χ4n) is 2.35. The van der Waals surface area contributed by atoms with Crippen LogP contribution in [-0.4, -0.2) is 16.6 Å². The van der Waals surface area contributed by atoms with Crippen molar-refractivity contribution in [3.8, 4) is 17.0 Å². The lowest BCUT2D eigenvalue weighted by Gasteiger charge is -2.15. The Balaban J connectivity index is 2.07. The first-order valence-corrected chi connectivity index (χ1v) is 8.11. The predicted octanol–water partition coefficient (Wildman–Crippen LogP) is 5.51. The molecule has 1 atom stereocenters. The van der Waals surface area contributed by atoms with Crippen molar-refractivity contribution < 1.29 is 4.74 Å². The maximum Gasteiger partial charge on any atom is 0.156 e. The average Bonchev–Trinajstić information content (AvgIpc) is 2.45. The fraction of sp³-hybridized carbons (Fsp3) is 0.412. The Labute approximate surface area is 141 Å². The Morgan fingerprint density at radius 3 is 2.55 bits per heavy atom. The highest BCUT2D eigenvalue weighted by Crippen LogP contribution is 2.29. The zero-order valence-corrected chi connectivity index (χ0v) is 14.5. The van der Waals surface area contributed by atoms with Gasteiger partial charge in [0, 0.05) is 11.8 Å². The summed E-state index contributed by atoms with van der Waals surface area (Å²) < 4.78 is 5.78. The number of halogens is 2. The Morgan fingerprint density at radius 1 is 1.14 bits per heavy atom. The largest absolute Gasteiger partial charge is 0.490 e. The van der Waals surface area contributed by atoms with Crippen LogP contribution in [0.1, 0.15) is 27.2 Å². The number of ether oxygens (including phenoxy) is 1. The second-order valence-corrected chi connectivity index (χ2v) is 6.71. The summed E-state index contributed by atoms with van der Waals surface area (Å²) in [5.41, 5.74) is 1.62. The van der Waals surface area contributed by atoms with Crippen LogP contribution >= 0.6 is 23.2 Å². The molecule has 2 aromatic rings. The molecule has 2 heterocycles. The molecule has 0 bridgehead atoms. The number of hydrogen-bond donors (Lipinski definition) is 0. The van der Waals surface area contributed by atoms with Crippen molar-refractivity contribution in [2.45, 2.75) is 27.2 Å². The molecule has 0 radical (unpaired) electrons. The van der Waals surface area contributed by atoms with E-state index >= 15 is 0 Å². The molecule has 0 aromatic carbocycles. The van der Waals surface area contributed by atoms with Crippen molar-refractivity contribution in [2.24, 2.45) is 11.8 Å². The van der Waals surface area contributed by atoms with Crippen molar-refractivity contribution in [1.29, 1.82) is 0 Å². The van der Waals surface area contributed by atoms with Crippen LogP contribution in [0.2, 0.25) is 10.2 Å². The zero-order valence-electron chi connectivity index (χ0n) is 13.0. The summed E-state index contributed by atoms with van der Waals surface area (Å²) in [6, 6.07) is 5.39. The zero-order chi connectivity index (χ0) is 16.1. The number of hydrogen-bond acceptors (Lipinski definition) is 3. The quantitative estimate of drug-likeness (QED) is 0.651. The van der Waals surface area contributed by atoms with E-state index in [1.807, 2.05) is 6.07 Å². The summed E-state index contributed by atoms with van der Waals surface area (Å²) in [6.07, 6.45) is 4.43. The van der Waals surface area contributed by atoms with Crippen LogP contribution in [0.4, 0.5) is 0 Å². The summed E-state index contributed by atoms with van der Waals surface area (Å²) in [4.78, 5) is 8.35. The van der Waals surface area contributed by atoms with E-state index in [4.69, 9.17) is 27.9 Å². The molecule has 0 amide bonds. The van der Waals surface area contributed by atoms with Gasteiger partial charge in [-0.2, -0.15) is 0 Å². The van der Waals surface area contributed by atoms with Gasteiger partial charge in [0.05, 0.1) is 23.5 Å². The normalized spacial score (nSPS) is 12.5. The Hall–Kier alpha value is -1.32. The molecule has 0 saturated carbocycles. The summed E-state index contributed by atoms with van der Waals surface area (Å²) >= 11 is 12.2. The van der Waals surface area contributed by atoms with Crippen LogP contribution in [0, 0.1) is 11.8 Å². The smallest absolute Gasteiger partial charge is 0.156 e. The van der Waals surface area contributed by atoms with Crippen molar-refractivity contribution >= 4 is 23.2 Å². The molecular formula is C17H20Cl2N2O. The van der Waals surface area contributed by atoms with E-state index in [0.29, 0.717) is 34.4 Å². The molecular weight excluding hydrogens is 319 g/mol. The average molecular weight is 339 g/mol. The lowest BCUT2D eigenvalue weighted by Crippen LogP contribution is -2.11. The molecule has 2 aromatic heterocycles. The van der Waals surface area contributed by atoms with E-state index < -0.39 is 0 Å². The van der Waals surface area contributed by atoms with E-state index in [2.05, 4.69) is 30.7 Å². The molecule has 0 aliphatic rings. The highest BCUT2D eigenvalue weighted by atomic mass is 35.5. The van der Waals surface area contributed by atoms with Gasteiger partial charge in [-0.3, -0.25) is 4.98 Å². The third-order valence-electron chi connectivity index (χ3n) is 3.24.